The number of aliphatic hydroxyl groups is 1. The molecule has 0 aromatic heterocycles. The Hall–Kier alpha value is -3.41. The molecule has 250 valence electrons. The van der Waals surface area contributed by atoms with E-state index in [2.05, 4.69) is 22.6 Å². The van der Waals surface area contributed by atoms with Crippen LogP contribution in [0.2, 0.25) is 0 Å². The highest BCUT2D eigenvalue weighted by Gasteiger charge is 2.39. The van der Waals surface area contributed by atoms with E-state index in [1.54, 1.807) is 20.8 Å². The van der Waals surface area contributed by atoms with E-state index in [0.29, 0.717) is 31.0 Å². The van der Waals surface area contributed by atoms with Crippen molar-refractivity contribution in [1.82, 2.24) is 20.7 Å². The lowest BCUT2D eigenvalue weighted by atomic mass is 9.92. The van der Waals surface area contributed by atoms with E-state index in [0.717, 1.165) is 61.7 Å². The first kappa shape index (κ1) is 36.1. The number of hydrogen-bond acceptors (Lipinski definition) is 9. The molecule has 6 rings (SSSR count). The molecule has 1 saturated heterocycles. The maximum atomic E-state index is 12.8. The lowest BCUT2D eigenvalue weighted by molar-refractivity contribution is -0.136. The summed E-state index contributed by atoms with van der Waals surface area (Å²) >= 11 is 0. The van der Waals surface area contributed by atoms with E-state index in [1.807, 2.05) is 56.1 Å². The van der Waals surface area contributed by atoms with Gasteiger partial charge in [0.25, 0.3) is 0 Å². The van der Waals surface area contributed by atoms with Crippen LogP contribution in [0.1, 0.15) is 86.1 Å². The summed E-state index contributed by atoms with van der Waals surface area (Å²) in [4.78, 5) is 31.5. The first-order valence-corrected chi connectivity index (χ1v) is 16.2. The number of fused-ring (bicyclic) bond motifs is 10. The zero-order chi connectivity index (χ0) is 33.2. The third kappa shape index (κ3) is 10.9. The van der Waals surface area contributed by atoms with Crippen LogP contribution in [0.5, 0.6) is 5.75 Å². The monoisotopic (exact) mass is 627 g/mol. The third-order valence-electron chi connectivity index (χ3n) is 7.61. The summed E-state index contributed by atoms with van der Waals surface area (Å²) in [5, 5.41) is 23.1. The molecule has 0 spiro atoms. The quantitative estimate of drug-likeness (QED) is 0.377. The van der Waals surface area contributed by atoms with Gasteiger partial charge in [0, 0.05) is 43.1 Å². The normalized spacial score (nSPS) is 24.0. The van der Waals surface area contributed by atoms with Crippen LogP contribution in [0.15, 0.2) is 52.5 Å². The average molecular weight is 628 g/mol. The Labute approximate surface area is 268 Å². The minimum atomic E-state index is -0.890. The Morgan fingerprint density at radius 2 is 1.78 bits per heavy atom. The molecular weight excluding hydrogens is 574 g/mol. The number of aliphatic imine (C=N–C) groups is 1. The van der Waals surface area contributed by atoms with Gasteiger partial charge in [-0.25, -0.2) is 15.4 Å². The van der Waals surface area contributed by atoms with Gasteiger partial charge in [-0.3, -0.25) is 9.59 Å². The molecule has 1 atom stereocenters. The molecule has 0 saturated carbocycles. The van der Waals surface area contributed by atoms with Gasteiger partial charge in [-0.1, -0.05) is 32.0 Å². The summed E-state index contributed by atoms with van der Waals surface area (Å²) in [5.41, 5.74) is 4.98. The van der Waals surface area contributed by atoms with Gasteiger partial charge in [0.15, 0.2) is 0 Å². The van der Waals surface area contributed by atoms with Gasteiger partial charge in [0.2, 0.25) is 5.91 Å². The number of benzene rings is 1. The molecule has 5 aliphatic heterocycles. The van der Waals surface area contributed by atoms with Gasteiger partial charge < -0.3 is 29.9 Å². The molecule has 5 aliphatic rings. The number of hydrogen-bond donors (Lipinski definition) is 4. The van der Waals surface area contributed by atoms with E-state index in [1.165, 1.54) is 0 Å². The SMILES string of the molecule is CC.CC(C)(C)O.CC1=NC2=CC3CNC(=O)Cc4ccccc4OCCCCOC4(C)CCN(CC4)C(=C1CC(=O)O)N2N3. The number of para-hydroxylation sites is 1. The number of rotatable bonds is 2. The van der Waals surface area contributed by atoms with Crippen molar-refractivity contribution in [3.63, 3.8) is 0 Å². The van der Waals surface area contributed by atoms with E-state index in [4.69, 9.17) is 19.6 Å². The maximum Gasteiger partial charge on any atom is 0.308 e. The van der Waals surface area contributed by atoms with Crippen molar-refractivity contribution in [2.45, 2.75) is 104 Å². The number of ether oxygens (including phenoxy) is 2. The summed E-state index contributed by atoms with van der Waals surface area (Å²) in [6.07, 6.45) is 5.53. The lowest BCUT2D eigenvalue weighted by Gasteiger charge is -2.45. The maximum absolute atomic E-state index is 12.8. The fourth-order valence-corrected chi connectivity index (χ4v) is 5.40. The van der Waals surface area contributed by atoms with Crippen LogP contribution in [0.3, 0.4) is 0 Å². The number of amides is 1. The van der Waals surface area contributed by atoms with E-state index in [9.17, 15) is 14.7 Å². The van der Waals surface area contributed by atoms with Crippen molar-refractivity contribution in [2.24, 2.45) is 4.99 Å². The van der Waals surface area contributed by atoms with Crippen LogP contribution in [0, 0.1) is 0 Å². The third-order valence-corrected chi connectivity index (χ3v) is 7.61. The zero-order valence-corrected chi connectivity index (χ0v) is 28.1. The van der Waals surface area contributed by atoms with Crippen molar-refractivity contribution >= 4 is 17.6 Å². The second-order valence-corrected chi connectivity index (χ2v) is 12.8. The molecule has 1 aromatic carbocycles. The minimum Gasteiger partial charge on any atom is -0.493 e. The van der Waals surface area contributed by atoms with E-state index in [-0.39, 0.29) is 30.4 Å². The topological polar surface area (TPSA) is 136 Å². The second-order valence-electron chi connectivity index (χ2n) is 12.8. The molecular formula is C34H53N5O6. The Bertz CT molecular complexity index is 1250. The Morgan fingerprint density at radius 1 is 1.13 bits per heavy atom. The number of hydrazine groups is 1. The summed E-state index contributed by atoms with van der Waals surface area (Å²) < 4.78 is 12.4. The summed E-state index contributed by atoms with van der Waals surface area (Å²) in [5.74, 6) is 1.31. The van der Waals surface area contributed by atoms with Crippen molar-refractivity contribution in [3.8, 4) is 5.75 Å². The molecule has 0 radical (unpaired) electrons. The molecule has 11 nitrogen and oxygen atoms in total. The van der Waals surface area contributed by atoms with Gasteiger partial charge >= 0.3 is 5.97 Å². The number of carboxylic acids is 1. The lowest BCUT2D eigenvalue weighted by Crippen LogP contribution is -2.51. The Morgan fingerprint density at radius 3 is 2.44 bits per heavy atom. The highest BCUT2D eigenvalue weighted by molar-refractivity contribution is 6.03. The van der Waals surface area contributed by atoms with Crippen LogP contribution >= 0.6 is 0 Å². The molecule has 1 aromatic rings. The van der Waals surface area contributed by atoms with E-state index < -0.39 is 11.6 Å². The van der Waals surface area contributed by atoms with Crippen LogP contribution in [0.4, 0.5) is 0 Å². The second kappa shape index (κ2) is 16.2. The number of nitrogens with one attached hydrogen (secondary N) is 2. The van der Waals surface area contributed by atoms with Crippen LogP contribution in [0.25, 0.3) is 0 Å². The summed E-state index contributed by atoms with van der Waals surface area (Å²) in [7, 11) is 0. The van der Waals surface area contributed by atoms with Crippen LogP contribution in [-0.4, -0.2) is 87.8 Å². The largest absolute Gasteiger partial charge is 0.493 e. The smallest absolute Gasteiger partial charge is 0.308 e. The highest BCUT2D eigenvalue weighted by Crippen LogP contribution is 2.35. The van der Waals surface area contributed by atoms with Gasteiger partial charge in [-0.05, 0) is 72.4 Å². The molecule has 1 amide bonds. The first-order valence-electron chi connectivity index (χ1n) is 16.2. The zero-order valence-electron chi connectivity index (χ0n) is 28.1. The van der Waals surface area contributed by atoms with Gasteiger partial charge in [0.05, 0.1) is 36.7 Å². The predicted molar refractivity (Wildman–Crippen MR) is 176 cm³/mol. The molecule has 4 N–H and O–H groups in total. The number of carbonyl (C=O) groups is 2. The molecule has 4 bridgehead atoms. The van der Waals surface area contributed by atoms with E-state index >= 15 is 0 Å². The molecule has 1 fully saturated rings. The minimum absolute atomic E-state index is 0.0914. The number of carboxylic acid groups (broad SMARTS) is 1. The molecule has 45 heavy (non-hydrogen) atoms. The van der Waals surface area contributed by atoms with Gasteiger partial charge in [0.1, 0.15) is 17.4 Å². The van der Waals surface area contributed by atoms with Crippen LogP contribution < -0.4 is 15.5 Å². The molecule has 11 heteroatoms. The first-order chi connectivity index (χ1) is 21.3. The van der Waals surface area contributed by atoms with Crippen molar-refractivity contribution in [3.05, 3.63) is 53.1 Å². The molecule has 0 aliphatic carbocycles. The Balaban J connectivity index is 0.000000719. The number of aliphatic carboxylic acids is 1. The number of nitrogens with zero attached hydrogens (tertiary/aromatic N) is 3. The van der Waals surface area contributed by atoms with Gasteiger partial charge in [-0.15, -0.1) is 0 Å². The fourth-order valence-electron chi connectivity index (χ4n) is 5.40. The molecule has 1 unspecified atom stereocenters. The standard InChI is InChI=1S/C28H37N5O5.C4H10O.C2H6/c1-19-22(17-26(35)36)27-32-11-9-28(2,10-12-32)38-14-6-5-13-37-23-8-4-3-7-20(23)15-25(34)29-18-21-16-24(30-19)33(27)31-21;1-4(2,3)5;1-2/h3-4,7-8,16,21,31H,5-6,9-15,17-18H2,1-2H3,(H,29,34)(H,35,36);5H,1-3H3;1-2H3. The number of piperidine rings is 1. The van der Waals surface area contributed by atoms with Gasteiger partial charge in [-0.2, -0.15) is 0 Å². The fraction of sp³-hybridized carbons (Fsp3) is 0.618. The van der Waals surface area contributed by atoms with Crippen molar-refractivity contribution < 1.29 is 29.3 Å². The highest BCUT2D eigenvalue weighted by atomic mass is 16.5. The average Bonchev–Trinajstić information content (AvgIpc) is 3.37. The van der Waals surface area contributed by atoms with Crippen molar-refractivity contribution in [2.75, 3.05) is 32.8 Å². The summed E-state index contributed by atoms with van der Waals surface area (Å²) in [6.45, 7) is 16.4. The summed E-state index contributed by atoms with van der Waals surface area (Å²) in [6, 6.07) is 7.48. The number of carbonyl (C=O) groups excluding carboxylic acids is 1. The Kier molecular flexibility index (Phi) is 13.0. The molecule has 5 heterocycles. The predicted octanol–water partition coefficient (Wildman–Crippen LogP) is 4.38. The van der Waals surface area contributed by atoms with Crippen molar-refractivity contribution in [1.29, 1.82) is 0 Å². The van der Waals surface area contributed by atoms with Crippen LogP contribution in [-0.2, 0) is 20.7 Å².